The molecule has 1 fully saturated rings. The van der Waals surface area contributed by atoms with Gasteiger partial charge in [-0.1, -0.05) is 0 Å². The Hall–Kier alpha value is -2.42. The van der Waals surface area contributed by atoms with Crippen LogP contribution in [0.25, 0.3) is 10.2 Å². The number of fused-ring (bicyclic) bond motifs is 1. The van der Waals surface area contributed by atoms with Crippen LogP contribution in [0.4, 0.5) is 10.6 Å². The van der Waals surface area contributed by atoms with Crippen molar-refractivity contribution in [3.63, 3.8) is 0 Å². The molecule has 9 heteroatoms. The monoisotopic (exact) mass is 391 g/mol. The van der Waals surface area contributed by atoms with Crippen LogP contribution in [0.5, 0.6) is 0 Å². The number of anilines is 1. The van der Waals surface area contributed by atoms with Crippen molar-refractivity contribution < 1.29 is 14.3 Å². The molecule has 2 aromatic heterocycles. The Morgan fingerprint density at radius 3 is 2.85 bits per heavy atom. The molecular formula is C18H25N5O3S. The van der Waals surface area contributed by atoms with E-state index in [0.717, 1.165) is 28.9 Å². The Labute approximate surface area is 162 Å². The average molecular weight is 391 g/mol. The van der Waals surface area contributed by atoms with Crippen LogP contribution in [0, 0.1) is 6.92 Å². The smallest absolute Gasteiger partial charge is 0.409 e. The summed E-state index contributed by atoms with van der Waals surface area (Å²) in [5, 5.41) is 7.27. The lowest BCUT2D eigenvalue weighted by Crippen LogP contribution is -2.46. The summed E-state index contributed by atoms with van der Waals surface area (Å²) in [4.78, 5) is 36.3. The minimum atomic E-state index is -0.272. The summed E-state index contributed by atoms with van der Waals surface area (Å²) in [7, 11) is 0. The first-order valence-electron chi connectivity index (χ1n) is 9.23. The van der Waals surface area contributed by atoms with Crippen LogP contribution in [-0.4, -0.2) is 59.2 Å². The molecule has 8 nitrogen and oxygen atoms in total. The highest BCUT2D eigenvalue weighted by atomic mass is 32.1. The standard InChI is InChI=1S/C18H25N5O3S/c1-3-26-18(25)23-8-5-13(6-9-23)22-15(24)4-7-19-16-14-10-12(2)27-17(14)21-11-20-16/h10-11,13H,3-9H2,1-2H3,(H,22,24)(H,19,20,21). The summed E-state index contributed by atoms with van der Waals surface area (Å²) in [6, 6.07) is 2.16. The Balaban J connectivity index is 1.41. The van der Waals surface area contributed by atoms with Gasteiger partial charge in [-0.2, -0.15) is 0 Å². The van der Waals surface area contributed by atoms with Gasteiger partial charge in [0.2, 0.25) is 5.91 Å². The van der Waals surface area contributed by atoms with Crippen LogP contribution in [0.15, 0.2) is 12.4 Å². The number of nitrogens with one attached hydrogen (secondary N) is 2. The van der Waals surface area contributed by atoms with Gasteiger partial charge < -0.3 is 20.3 Å². The van der Waals surface area contributed by atoms with Crippen molar-refractivity contribution in [3.05, 3.63) is 17.3 Å². The van der Waals surface area contributed by atoms with E-state index in [1.54, 1.807) is 23.2 Å². The molecule has 0 atom stereocenters. The number of hydrogen-bond acceptors (Lipinski definition) is 7. The molecule has 0 radical (unpaired) electrons. The number of hydrogen-bond donors (Lipinski definition) is 2. The number of carbonyl (C=O) groups excluding carboxylic acids is 2. The van der Waals surface area contributed by atoms with Gasteiger partial charge in [-0.25, -0.2) is 14.8 Å². The van der Waals surface area contributed by atoms with E-state index in [1.165, 1.54) is 11.2 Å². The molecule has 2 aromatic rings. The zero-order valence-corrected chi connectivity index (χ0v) is 16.5. The molecule has 3 heterocycles. The fourth-order valence-electron chi connectivity index (χ4n) is 3.13. The third kappa shape index (κ3) is 5.06. The minimum Gasteiger partial charge on any atom is -0.450 e. The second kappa shape index (κ2) is 8.98. The number of piperidine rings is 1. The predicted octanol–water partition coefficient (Wildman–Crippen LogP) is 2.54. The molecule has 1 aliphatic heterocycles. The van der Waals surface area contributed by atoms with E-state index in [2.05, 4.69) is 26.7 Å². The van der Waals surface area contributed by atoms with Crippen molar-refractivity contribution in [3.8, 4) is 0 Å². The summed E-state index contributed by atoms with van der Waals surface area (Å²) in [6.45, 7) is 5.94. The van der Waals surface area contributed by atoms with Crippen molar-refractivity contribution in [1.29, 1.82) is 0 Å². The first-order valence-corrected chi connectivity index (χ1v) is 10.0. The van der Waals surface area contributed by atoms with Crippen LogP contribution < -0.4 is 10.6 Å². The van der Waals surface area contributed by atoms with Crippen LogP contribution in [0.2, 0.25) is 0 Å². The van der Waals surface area contributed by atoms with Crippen LogP contribution in [0.3, 0.4) is 0 Å². The third-order valence-corrected chi connectivity index (χ3v) is 5.44. The average Bonchev–Trinajstić information content (AvgIpc) is 3.03. The highest BCUT2D eigenvalue weighted by molar-refractivity contribution is 7.18. The normalized spacial score (nSPS) is 15.0. The van der Waals surface area contributed by atoms with E-state index in [1.807, 2.05) is 6.92 Å². The zero-order chi connectivity index (χ0) is 19.2. The minimum absolute atomic E-state index is 0.00360. The van der Waals surface area contributed by atoms with Gasteiger partial charge in [-0.15, -0.1) is 11.3 Å². The topological polar surface area (TPSA) is 96.5 Å². The van der Waals surface area contributed by atoms with E-state index in [0.29, 0.717) is 32.7 Å². The fourth-order valence-corrected chi connectivity index (χ4v) is 3.98. The molecule has 27 heavy (non-hydrogen) atoms. The molecule has 3 rings (SSSR count). The number of carbonyl (C=O) groups is 2. The number of aryl methyl sites for hydroxylation is 1. The number of amides is 2. The summed E-state index contributed by atoms with van der Waals surface area (Å²) in [5.74, 6) is 0.767. The Morgan fingerprint density at radius 2 is 2.11 bits per heavy atom. The molecule has 0 bridgehead atoms. The molecule has 1 saturated heterocycles. The number of rotatable bonds is 6. The molecule has 1 aliphatic rings. The number of nitrogens with zero attached hydrogens (tertiary/aromatic N) is 3. The first kappa shape index (κ1) is 19.3. The Bertz CT molecular complexity index is 801. The van der Waals surface area contributed by atoms with Crippen molar-refractivity contribution >= 4 is 39.4 Å². The fraction of sp³-hybridized carbons (Fsp3) is 0.556. The van der Waals surface area contributed by atoms with E-state index in [4.69, 9.17) is 4.74 Å². The molecule has 0 spiro atoms. The summed E-state index contributed by atoms with van der Waals surface area (Å²) in [6.07, 6.45) is 3.13. The van der Waals surface area contributed by atoms with Gasteiger partial charge in [0, 0.05) is 37.0 Å². The molecular weight excluding hydrogens is 366 g/mol. The second-order valence-electron chi connectivity index (χ2n) is 6.50. The molecule has 146 valence electrons. The van der Waals surface area contributed by atoms with Crippen LogP contribution in [-0.2, 0) is 9.53 Å². The van der Waals surface area contributed by atoms with Gasteiger partial charge in [-0.3, -0.25) is 4.79 Å². The van der Waals surface area contributed by atoms with Crippen LogP contribution in [0.1, 0.15) is 31.1 Å². The maximum absolute atomic E-state index is 12.2. The van der Waals surface area contributed by atoms with E-state index in [9.17, 15) is 9.59 Å². The largest absolute Gasteiger partial charge is 0.450 e. The van der Waals surface area contributed by atoms with Gasteiger partial charge in [0.25, 0.3) is 0 Å². The number of likely N-dealkylation sites (tertiary alicyclic amines) is 1. The van der Waals surface area contributed by atoms with E-state index >= 15 is 0 Å². The van der Waals surface area contributed by atoms with E-state index in [-0.39, 0.29) is 18.0 Å². The van der Waals surface area contributed by atoms with Crippen molar-refractivity contribution in [2.75, 3.05) is 31.6 Å². The van der Waals surface area contributed by atoms with Gasteiger partial charge >= 0.3 is 6.09 Å². The predicted molar refractivity (Wildman–Crippen MR) is 105 cm³/mol. The lowest BCUT2D eigenvalue weighted by Gasteiger charge is -2.31. The lowest BCUT2D eigenvalue weighted by atomic mass is 10.1. The van der Waals surface area contributed by atoms with Gasteiger partial charge in [0.1, 0.15) is 17.0 Å². The summed E-state index contributed by atoms with van der Waals surface area (Å²) in [5.41, 5.74) is 0. The van der Waals surface area contributed by atoms with Crippen molar-refractivity contribution in [2.45, 2.75) is 39.2 Å². The molecule has 0 aliphatic carbocycles. The van der Waals surface area contributed by atoms with Crippen molar-refractivity contribution in [1.82, 2.24) is 20.2 Å². The SMILES string of the molecule is CCOC(=O)N1CCC(NC(=O)CCNc2ncnc3sc(C)cc23)CC1. The van der Waals surface area contributed by atoms with E-state index < -0.39 is 0 Å². The molecule has 0 aromatic carbocycles. The number of aromatic nitrogens is 2. The second-order valence-corrected chi connectivity index (χ2v) is 7.74. The molecule has 2 amide bonds. The quantitative estimate of drug-likeness (QED) is 0.786. The highest BCUT2D eigenvalue weighted by Gasteiger charge is 2.24. The third-order valence-electron chi connectivity index (χ3n) is 4.48. The molecule has 0 saturated carbocycles. The maximum Gasteiger partial charge on any atom is 0.409 e. The number of thiophene rings is 1. The Kier molecular flexibility index (Phi) is 6.44. The highest BCUT2D eigenvalue weighted by Crippen LogP contribution is 2.27. The van der Waals surface area contributed by atoms with Crippen LogP contribution >= 0.6 is 11.3 Å². The summed E-state index contributed by atoms with van der Waals surface area (Å²) >= 11 is 1.63. The maximum atomic E-state index is 12.2. The summed E-state index contributed by atoms with van der Waals surface area (Å²) < 4.78 is 5.01. The molecule has 0 unspecified atom stereocenters. The van der Waals surface area contributed by atoms with Gasteiger partial charge in [0.15, 0.2) is 0 Å². The first-order chi connectivity index (χ1) is 13.1. The number of ether oxygens (including phenoxy) is 1. The lowest BCUT2D eigenvalue weighted by molar-refractivity contribution is -0.121. The van der Waals surface area contributed by atoms with Gasteiger partial charge in [0.05, 0.1) is 12.0 Å². The Morgan fingerprint density at radius 1 is 1.33 bits per heavy atom. The van der Waals surface area contributed by atoms with Gasteiger partial charge in [-0.05, 0) is 32.8 Å². The van der Waals surface area contributed by atoms with Crippen molar-refractivity contribution in [2.24, 2.45) is 0 Å². The zero-order valence-electron chi connectivity index (χ0n) is 15.7. The molecule has 2 N–H and O–H groups in total.